The van der Waals surface area contributed by atoms with Crippen molar-refractivity contribution in [3.63, 3.8) is 0 Å². The van der Waals surface area contributed by atoms with Crippen LogP contribution >= 0.6 is 22.7 Å². The number of nitrogens with one attached hydrogen (secondary N) is 1. The Hall–Kier alpha value is -0.720. The van der Waals surface area contributed by atoms with Gasteiger partial charge in [0.05, 0.1) is 19.3 Å². The predicted molar refractivity (Wildman–Crippen MR) is 80.9 cm³/mol. The summed E-state index contributed by atoms with van der Waals surface area (Å²) >= 11 is 3.44. The third-order valence-corrected chi connectivity index (χ3v) is 4.43. The molecule has 19 heavy (non-hydrogen) atoms. The normalized spacial score (nSPS) is 12.7. The van der Waals surface area contributed by atoms with E-state index in [4.69, 9.17) is 4.74 Å². The fraction of sp³-hybridized carbons (Fsp3) is 0.429. The molecule has 0 spiro atoms. The molecule has 0 aliphatic rings. The molecule has 0 amide bonds. The number of hydrogen-bond donors (Lipinski definition) is 2. The first-order valence-corrected chi connectivity index (χ1v) is 8.12. The third kappa shape index (κ3) is 5.84. The lowest BCUT2D eigenvalue weighted by molar-refractivity contribution is 0.0300. The van der Waals surface area contributed by atoms with Crippen LogP contribution in [0.1, 0.15) is 9.75 Å². The second-order valence-corrected chi connectivity index (χ2v) is 6.35. The lowest BCUT2D eigenvalue weighted by Crippen LogP contribution is -2.31. The first kappa shape index (κ1) is 14.7. The summed E-state index contributed by atoms with van der Waals surface area (Å²) in [6, 6.07) is 8.24. The molecule has 2 heterocycles. The van der Waals surface area contributed by atoms with E-state index in [9.17, 15) is 5.11 Å². The van der Waals surface area contributed by atoms with E-state index in [1.807, 2.05) is 17.5 Å². The molecule has 0 fully saturated rings. The van der Waals surface area contributed by atoms with Crippen LogP contribution in [0.25, 0.3) is 0 Å². The van der Waals surface area contributed by atoms with Gasteiger partial charge in [-0.25, -0.2) is 0 Å². The first-order chi connectivity index (χ1) is 9.34. The van der Waals surface area contributed by atoms with E-state index in [-0.39, 0.29) is 0 Å². The van der Waals surface area contributed by atoms with E-state index in [1.165, 1.54) is 9.75 Å². The van der Waals surface area contributed by atoms with Gasteiger partial charge < -0.3 is 15.2 Å². The van der Waals surface area contributed by atoms with Crippen LogP contribution in [-0.4, -0.2) is 30.9 Å². The van der Waals surface area contributed by atoms with Gasteiger partial charge in [0, 0.05) is 22.8 Å². The molecular formula is C14H19NO2S2. The molecular weight excluding hydrogens is 278 g/mol. The summed E-state index contributed by atoms with van der Waals surface area (Å²) in [5.41, 5.74) is 0. The van der Waals surface area contributed by atoms with E-state index in [0.717, 1.165) is 13.0 Å². The van der Waals surface area contributed by atoms with Gasteiger partial charge in [0.15, 0.2) is 0 Å². The molecule has 0 radical (unpaired) electrons. The van der Waals surface area contributed by atoms with Gasteiger partial charge in [-0.15, -0.1) is 22.7 Å². The molecule has 2 N–H and O–H groups in total. The molecule has 0 aliphatic carbocycles. The topological polar surface area (TPSA) is 41.5 Å². The summed E-state index contributed by atoms with van der Waals surface area (Å²) in [6.45, 7) is 2.44. The van der Waals surface area contributed by atoms with Crippen LogP contribution in [-0.2, 0) is 17.8 Å². The molecule has 5 heteroatoms. The minimum atomic E-state index is -0.441. The van der Waals surface area contributed by atoms with Crippen LogP contribution in [0.5, 0.6) is 0 Å². The van der Waals surface area contributed by atoms with Crippen molar-refractivity contribution in [2.24, 2.45) is 0 Å². The highest BCUT2D eigenvalue weighted by atomic mass is 32.1. The average Bonchev–Trinajstić information content (AvgIpc) is 3.07. The maximum Gasteiger partial charge on any atom is 0.0897 e. The van der Waals surface area contributed by atoms with E-state index in [2.05, 4.69) is 22.8 Å². The predicted octanol–water partition coefficient (Wildman–Crippen LogP) is 2.52. The highest BCUT2D eigenvalue weighted by Gasteiger charge is 2.04. The van der Waals surface area contributed by atoms with Gasteiger partial charge in [-0.1, -0.05) is 12.1 Å². The smallest absolute Gasteiger partial charge is 0.0897 e. The molecule has 2 aromatic rings. The fourth-order valence-electron chi connectivity index (χ4n) is 1.68. The van der Waals surface area contributed by atoms with Gasteiger partial charge in [0.25, 0.3) is 0 Å². The van der Waals surface area contributed by atoms with E-state index in [0.29, 0.717) is 19.8 Å². The zero-order chi connectivity index (χ0) is 13.3. The minimum absolute atomic E-state index is 0.379. The Morgan fingerprint density at radius 1 is 1.16 bits per heavy atom. The van der Waals surface area contributed by atoms with E-state index >= 15 is 0 Å². The Morgan fingerprint density at radius 3 is 2.58 bits per heavy atom. The third-order valence-electron chi connectivity index (χ3n) is 2.64. The Balaban J connectivity index is 1.48. The Morgan fingerprint density at radius 2 is 1.89 bits per heavy atom. The second kappa shape index (κ2) is 8.45. The highest BCUT2D eigenvalue weighted by molar-refractivity contribution is 7.10. The quantitative estimate of drug-likeness (QED) is 0.699. The summed E-state index contributed by atoms with van der Waals surface area (Å²) in [4.78, 5) is 2.56. The van der Waals surface area contributed by atoms with E-state index < -0.39 is 6.10 Å². The summed E-state index contributed by atoms with van der Waals surface area (Å²) in [6.07, 6.45) is 0.573. The van der Waals surface area contributed by atoms with Crippen LogP contribution < -0.4 is 5.32 Å². The summed E-state index contributed by atoms with van der Waals surface area (Å²) in [5.74, 6) is 0. The number of rotatable bonds is 9. The second-order valence-electron chi connectivity index (χ2n) is 4.28. The first-order valence-electron chi connectivity index (χ1n) is 6.36. The monoisotopic (exact) mass is 297 g/mol. The van der Waals surface area contributed by atoms with Gasteiger partial charge in [-0.2, -0.15) is 0 Å². The molecule has 0 saturated heterocycles. The standard InChI is InChI=1S/C14H19NO2S2/c16-12(10-17-11-14-4-2-8-19-14)9-15-6-5-13-3-1-7-18-13/h1-4,7-8,12,15-16H,5-6,9-11H2. The molecule has 104 valence electrons. The number of thiophene rings is 2. The Bertz CT molecular complexity index is 428. The van der Waals surface area contributed by atoms with Gasteiger partial charge in [0.2, 0.25) is 0 Å². The molecule has 2 aromatic heterocycles. The van der Waals surface area contributed by atoms with Crippen LogP contribution in [0.4, 0.5) is 0 Å². The summed E-state index contributed by atoms with van der Waals surface area (Å²) < 4.78 is 5.47. The van der Waals surface area contributed by atoms with Crippen LogP contribution in [0, 0.1) is 0 Å². The van der Waals surface area contributed by atoms with Crippen molar-refractivity contribution in [2.75, 3.05) is 19.7 Å². The zero-order valence-electron chi connectivity index (χ0n) is 10.7. The maximum absolute atomic E-state index is 9.75. The van der Waals surface area contributed by atoms with Crippen LogP contribution in [0.3, 0.4) is 0 Å². The number of hydrogen-bond acceptors (Lipinski definition) is 5. The summed E-state index contributed by atoms with van der Waals surface area (Å²) in [7, 11) is 0. The fourth-order valence-corrected chi connectivity index (χ4v) is 3.03. The van der Waals surface area contributed by atoms with Crippen molar-refractivity contribution in [3.05, 3.63) is 44.8 Å². The Labute approximate surface area is 121 Å². The molecule has 1 atom stereocenters. The molecule has 1 unspecified atom stereocenters. The lowest BCUT2D eigenvalue weighted by Gasteiger charge is -2.11. The van der Waals surface area contributed by atoms with Crippen LogP contribution in [0.2, 0.25) is 0 Å². The van der Waals surface area contributed by atoms with Crippen molar-refractivity contribution in [3.8, 4) is 0 Å². The van der Waals surface area contributed by atoms with Gasteiger partial charge in [-0.05, 0) is 29.3 Å². The van der Waals surface area contributed by atoms with Gasteiger partial charge in [-0.3, -0.25) is 0 Å². The van der Waals surface area contributed by atoms with Crippen LogP contribution in [0.15, 0.2) is 35.0 Å². The van der Waals surface area contributed by atoms with Crippen molar-refractivity contribution in [1.29, 1.82) is 0 Å². The molecule has 2 rings (SSSR count). The van der Waals surface area contributed by atoms with Gasteiger partial charge >= 0.3 is 0 Å². The van der Waals surface area contributed by atoms with Crippen molar-refractivity contribution < 1.29 is 9.84 Å². The highest BCUT2D eigenvalue weighted by Crippen LogP contribution is 2.09. The average molecular weight is 297 g/mol. The maximum atomic E-state index is 9.75. The van der Waals surface area contributed by atoms with Crippen molar-refractivity contribution in [2.45, 2.75) is 19.1 Å². The zero-order valence-corrected chi connectivity index (χ0v) is 12.4. The molecule has 3 nitrogen and oxygen atoms in total. The van der Waals surface area contributed by atoms with E-state index in [1.54, 1.807) is 22.7 Å². The number of aliphatic hydroxyl groups excluding tert-OH is 1. The largest absolute Gasteiger partial charge is 0.389 e. The minimum Gasteiger partial charge on any atom is -0.389 e. The molecule has 0 bridgehead atoms. The number of aliphatic hydroxyl groups is 1. The molecule has 0 aromatic carbocycles. The van der Waals surface area contributed by atoms with Crippen molar-refractivity contribution in [1.82, 2.24) is 5.32 Å². The molecule has 0 saturated carbocycles. The molecule has 0 aliphatic heterocycles. The van der Waals surface area contributed by atoms with Gasteiger partial charge in [0.1, 0.15) is 0 Å². The summed E-state index contributed by atoms with van der Waals surface area (Å²) in [5, 5.41) is 17.1. The number of ether oxygens (including phenoxy) is 1. The SMILES string of the molecule is OC(CNCCc1cccs1)COCc1cccs1. The Kier molecular flexibility index (Phi) is 6.53. The van der Waals surface area contributed by atoms with Crippen molar-refractivity contribution >= 4 is 22.7 Å². The lowest BCUT2D eigenvalue weighted by atomic mass is 10.3.